The highest BCUT2D eigenvalue weighted by Gasteiger charge is 2.78. The number of aliphatic hydroxyl groups excluding tert-OH is 1. The van der Waals surface area contributed by atoms with E-state index in [0.29, 0.717) is 16.7 Å². The van der Waals surface area contributed by atoms with Crippen molar-refractivity contribution >= 4 is 29.8 Å². The number of benzene rings is 2. The summed E-state index contributed by atoms with van der Waals surface area (Å²) in [5.74, 6) is -4.49. The summed E-state index contributed by atoms with van der Waals surface area (Å²) >= 11 is 0. The van der Waals surface area contributed by atoms with Crippen molar-refractivity contribution in [3.8, 4) is 0 Å². The molecular weight excluding hydrogens is 790 g/mol. The van der Waals surface area contributed by atoms with Crippen molar-refractivity contribution in [3.63, 3.8) is 0 Å². The van der Waals surface area contributed by atoms with E-state index in [1.165, 1.54) is 21.1 Å². The fraction of sp³-hybridized carbons (Fsp3) is 0.587. The molecule has 2 bridgehead atoms. The molecule has 332 valence electrons. The molecular formula is C46H59NO14. The van der Waals surface area contributed by atoms with Crippen LogP contribution in [-0.2, 0) is 47.5 Å². The molecule has 1 aliphatic heterocycles. The van der Waals surface area contributed by atoms with E-state index in [1.807, 2.05) is 6.92 Å². The number of ketones is 1. The Labute approximate surface area is 356 Å². The Morgan fingerprint density at radius 3 is 2.11 bits per heavy atom. The first-order chi connectivity index (χ1) is 28.6. The van der Waals surface area contributed by atoms with E-state index in [4.69, 9.17) is 33.2 Å². The van der Waals surface area contributed by atoms with Gasteiger partial charge in [-0.3, -0.25) is 9.59 Å². The molecule has 15 heteroatoms. The van der Waals surface area contributed by atoms with Crippen molar-refractivity contribution in [2.24, 2.45) is 16.7 Å². The molecule has 1 amide bonds. The number of esters is 3. The maximum Gasteiger partial charge on any atom is 0.408 e. The fourth-order valence-electron chi connectivity index (χ4n) is 10.4. The SMILES string of the molecule is CCC1(C)C2=C(C)[C@@H](OC(=O)[C@H](O)[C@@H](NC(=O)OC(C)(C)C)c3ccccc3)C[C@@]1(O)[C@@H](OC(=O)c1ccccc1)[C@@H]1[C@]3(OC(C)=O)CO[C@@H]3C[C@H](OC)[C@@]1(C)C(=O)[C@@H]2OC. The van der Waals surface area contributed by atoms with Crippen molar-refractivity contribution in [2.45, 2.75) is 134 Å². The summed E-state index contributed by atoms with van der Waals surface area (Å²) in [6.45, 7) is 12.9. The second-order valence-electron chi connectivity index (χ2n) is 18.1. The van der Waals surface area contributed by atoms with E-state index >= 15 is 4.79 Å². The molecule has 2 aromatic rings. The molecule has 4 aliphatic rings. The summed E-state index contributed by atoms with van der Waals surface area (Å²) in [6.07, 6.45) is -9.12. The number of fused-ring (bicyclic) bond motifs is 5. The van der Waals surface area contributed by atoms with Gasteiger partial charge in [-0.1, -0.05) is 62.4 Å². The average Bonchev–Trinajstić information content (AvgIpc) is 3.21. The number of Topliss-reactive ketones (excluding diaryl/α,β-unsaturated/α-hetero) is 1. The lowest BCUT2D eigenvalue weighted by atomic mass is 9.44. The van der Waals surface area contributed by atoms with Crippen LogP contribution >= 0.6 is 0 Å². The predicted octanol–water partition coefficient (Wildman–Crippen LogP) is 4.96. The molecule has 61 heavy (non-hydrogen) atoms. The number of aliphatic hydroxyl groups is 2. The number of nitrogens with one attached hydrogen (secondary N) is 1. The molecule has 6 rings (SSSR count). The van der Waals surface area contributed by atoms with Crippen molar-refractivity contribution in [1.82, 2.24) is 5.32 Å². The van der Waals surface area contributed by atoms with Gasteiger partial charge in [-0.15, -0.1) is 0 Å². The van der Waals surface area contributed by atoms with E-state index in [0.717, 1.165) is 0 Å². The lowest BCUT2D eigenvalue weighted by Gasteiger charge is -2.68. The van der Waals surface area contributed by atoms with Crippen molar-refractivity contribution < 1.29 is 67.3 Å². The maximum atomic E-state index is 15.7. The first-order valence-electron chi connectivity index (χ1n) is 20.7. The molecule has 0 aromatic heterocycles. The van der Waals surface area contributed by atoms with Gasteiger partial charge in [-0.2, -0.15) is 0 Å². The third-order valence-corrected chi connectivity index (χ3v) is 13.5. The average molecular weight is 850 g/mol. The van der Waals surface area contributed by atoms with Crippen molar-refractivity contribution in [1.29, 1.82) is 0 Å². The molecule has 2 aromatic carbocycles. The number of methoxy groups -OCH3 is 2. The zero-order chi connectivity index (χ0) is 44.9. The van der Waals surface area contributed by atoms with Crippen molar-refractivity contribution in [2.75, 3.05) is 20.8 Å². The summed E-state index contributed by atoms with van der Waals surface area (Å²) in [5, 5.41) is 28.2. The van der Waals surface area contributed by atoms with Crippen LogP contribution in [0.1, 0.15) is 96.6 Å². The maximum absolute atomic E-state index is 15.7. The highest BCUT2D eigenvalue weighted by molar-refractivity contribution is 5.94. The van der Waals surface area contributed by atoms with Gasteiger partial charge in [0.1, 0.15) is 35.6 Å². The van der Waals surface area contributed by atoms with Gasteiger partial charge in [0.05, 0.1) is 35.6 Å². The number of carbonyl (C=O) groups is 5. The quantitative estimate of drug-likeness (QED) is 0.156. The van der Waals surface area contributed by atoms with Gasteiger partial charge >= 0.3 is 24.0 Å². The lowest BCUT2D eigenvalue weighted by molar-refractivity contribution is -0.348. The molecule has 15 nitrogen and oxygen atoms in total. The Balaban J connectivity index is 1.54. The summed E-state index contributed by atoms with van der Waals surface area (Å²) in [4.78, 5) is 70.5. The van der Waals surface area contributed by atoms with Crippen LogP contribution in [-0.4, -0.2) is 114 Å². The Morgan fingerprint density at radius 1 is 0.967 bits per heavy atom. The first kappa shape index (κ1) is 45.8. The zero-order valence-corrected chi connectivity index (χ0v) is 36.5. The molecule has 1 heterocycles. The second kappa shape index (κ2) is 16.9. The van der Waals surface area contributed by atoms with Crippen LogP contribution in [0.3, 0.4) is 0 Å². The second-order valence-corrected chi connectivity index (χ2v) is 18.1. The Hall–Kier alpha value is -4.67. The van der Waals surface area contributed by atoms with Gasteiger partial charge in [0, 0.05) is 39.4 Å². The number of alkyl carbamates (subject to hydrolysis) is 1. The number of hydrogen-bond donors (Lipinski definition) is 3. The van der Waals surface area contributed by atoms with E-state index in [-0.39, 0.29) is 25.0 Å². The predicted molar refractivity (Wildman–Crippen MR) is 218 cm³/mol. The summed E-state index contributed by atoms with van der Waals surface area (Å²) in [7, 11) is 2.81. The molecule has 3 aliphatic carbocycles. The largest absolute Gasteiger partial charge is 0.456 e. The van der Waals surface area contributed by atoms with Crippen LogP contribution in [0.4, 0.5) is 4.79 Å². The van der Waals surface area contributed by atoms with Crippen LogP contribution in [0.5, 0.6) is 0 Å². The zero-order valence-electron chi connectivity index (χ0n) is 36.5. The van der Waals surface area contributed by atoms with Crippen LogP contribution < -0.4 is 5.32 Å². The Kier molecular flexibility index (Phi) is 12.7. The standard InChI is InChI=1S/C46H59NO14/c1-11-43(7)32-25(2)29(58-40(52)34(49)33(27-18-14-12-15-19-27)47-41(53)61-42(4,5)6)23-46(43,54)38(59-39(51)28-20-16-13-17-21-28)36-44(8,37(50)35(32)56-10)30(55-9)22-31-45(36,24-57-31)60-26(3)48/h12-21,29-31,33-36,38,49,54H,11,22-24H2,1-10H3,(H,47,53)/t29-,30-,31+,33-,34+,35+,36-,38-,43?,44+,45-,46+/m0/s1. The summed E-state index contributed by atoms with van der Waals surface area (Å²) in [5.41, 5.74) is -6.62. The van der Waals surface area contributed by atoms with Crippen LogP contribution in [0, 0.1) is 16.7 Å². The molecule has 1 saturated heterocycles. The Morgan fingerprint density at radius 2 is 1.59 bits per heavy atom. The van der Waals surface area contributed by atoms with E-state index in [9.17, 15) is 29.4 Å². The number of ether oxygens (including phenoxy) is 7. The topological polar surface area (TPSA) is 202 Å². The van der Waals surface area contributed by atoms with E-state index in [1.54, 1.807) is 102 Å². The normalized spacial score (nSPS) is 34.2. The molecule has 3 N–H and O–H groups in total. The number of amides is 1. The third kappa shape index (κ3) is 7.77. The molecule has 12 atom stereocenters. The van der Waals surface area contributed by atoms with Gasteiger partial charge in [-0.05, 0) is 69.9 Å². The van der Waals surface area contributed by atoms with Crippen LogP contribution in [0.15, 0.2) is 71.8 Å². The fourth-order valence-corrected chi connectivity index (χ4v) is 10.4. The summed E-state index contributed by atoms with van der Waals surface area (Å²) < 4.78 is 42.6. The summed E-state index contributed by atoms with van der Waals surface area (Å²) in [6, 6.07) is 15.1. The van der Waals surface area contributed by atoms with E-state index in [2.05, 4.69) is 5.32 Å². The van der Waals surface area contributed by atoms with Gasteiger partial charge in [0.15, 0.2) is 17.5 Å². The van der Waals surface area contributed by atoms with Gasteiger partial charge in [-0.25, -0.2) is 14.4 Å². The van der Waals surface area contributed by atoms with Crippen molar-refractivity contribution in [3.05, 3.63) is 82.9 Å². The molecule has 0 radical (unpaired) electrons. The minimum atomic E-state index is -2.21. The lowest BCUT2D eigenvalue weighted by Crippen LogP contribution is -2.82. The minimum absolute atomic E-state index is 0.123. The molecule has 0 spiro atoms. The van der Waals surface area contributed by atoms with Crippen LogP contribution in [0.2, 0.25) is 0 Å². The van der Waals surface area contributed by atoms with Gasteiger partial charge in [0.2, 0.25) is 0 Å². The van der Waals surface area contributed by atoms with Gasteiger partial charge in [0.25, 0.3) is 0 Å². The minimum Gasteiger partial charge on any atom is -0.456 e. The monoisotopic (exact) mass is 849 g/mol. The number of carbonyl (C=O) groups excluding carboxylic acids is 5. The Bertz CT molecular complexity index is 2030. The first-order valence-corrected chi connectivity index (χ1v) is 20.7. The molecule has 2 saturated carbocycles. The smallest absolute Gasteiger partial charge is 0.408 e. The number of rotatable bonds is 11. The molecule has 1 unspecified atom stereocenters. The van der Waals surface area contributed by atoms with E-state index < -0.39 is 112 Å². The van der Waals surface area contributed by atoms with Gasteiger partial charge < -0.3 is 48.7 Å². The third-order valence-electron chi connectivity index (χ3n) is 13.5. The number of hydrogen-bond acceptors (Lipinski definition) is 14. The van der Waals surface area contributed by atoms with Crippen LogP contribution in [0.25, 0.3) is 0 Å². The molecule has 3 fully saturated rings. The highest BCUT2D eigenvalue weighted by atomic mass is 16.6. The highest BCUT2D eigenvalue weighted by Crippen LogP contribution is 2.65.